The Morgan fingerprint density at radius 2 is 1.53 bits per heavy atom. The Labute approximate surface area is 199 Å². The highest BCUT2D eigenvalue weighted by Gasteiger charge is 2.43. The number of carbonyl (C=O) groups is 1. The molecule has 0 fully saturated rings. The van der Waals surface area contributed by atoms with E-state index in [4.69, 9.17) is 4.74 Å². The Morgan fingerprint density at radius 1 is 0.944 bits per heavy atom. The molecule has 1 unspecified atom stereocenters. The van der Waals surface area contributed by atoms with Crippen molar-refractivity contribution in [2.24, 2.45) is 0 Å². The Kier molecular flexibility index (Phi) is 7.68. The van der Waals surface area contributed by atoms with E-state index in [-0.39, 0.29) is 17.7 Å². The van der Waals surface area contributed by atoms with Gasteiger partial charge in [0, 0.05) is 11.1 Å². The van der Waals surface area contributed by atoms with Crippen LogP contribution in [0, 0.1) is 0 Å². The number of hydrogen-bond acceptors (Lipinski definition) is 4. The van der Waals surface area contributed by atoms with E-state index in [9.17, 15) is 45.0 Å². The molecule has 0 aliphatic carbocycles. The first kappa shape index (κ1) is 27.1. The largest absolute Gasteiger partial charge is 0.462 e. The highest BCUT2D eigenvalue weighted by molar-refractivity contribution is 6.00. The second kappa shape index (κ2) is 10.2. The number of carbonyl (C=O) groups excluding carboxylic acids is 1. The van der Waals surface area contributed by atoms with Crippen molar-refractivity contribution >= 4 is 5.97 Å². The fourth-order valence-electron chi connectivity index (χ4n) is 3.59. The Morgan fingerprint density at radius 3 is 2.00 bits per heavy atom. The molecule has 36 heavy (non-hydrogen) atoms. The molecular weight excluding hydrogens is 502 g/mol. The summed E-state index contributed by atoms with van der Waals surface area (Å²) in [5, 5.41) is 11.0. The van der Waals surface area contributed by atoms with Crippen LogP contribution in [0.25, 0.3) is 11.1 Å². The van der Waals surface area contributed by atoms with Gasteiger partial charge in [-0.2, -0.15) is 26.3 Å². The van der Waals surface area contributed by atoms with Gasteiger partial charge in [-0.25, -0.2) is 18.6 Å². The second-order valence-electron chi connectivity index (χ2n) is 7.42. The van der Waals surface area contributed by atoms with Crippen molar-refractivity contribution in [1.82, 2.24) is 4.98 Å². The number of alkyl halides is 8. The molecule has 0 aliphatic rings. The van der Waals surface area contributed by atoms with Crippen LogP contribution in [0.4, 0.5) is 35.1 Å². The van der Waals surface area contributed by atoms with Gasteiger partial charge in [-0.05, 0) is 30.2 Å². The molecule has 0 saturated carbocycles. The van der Waals surface area contributed by atoms with E-state index < -0.39 is 64.5 Å². The third-order valence-corrected chi connectivity index (χ3v) is 5.11. The summed E-state index contributed by atoms with van der Waals surface area (Å²) in [4.78, 5) is 15.7. The molecule has 3 rings (SSSR count). The summed E-state index contributed by atoms with van der Waals surface area (Å²) in [6, 6.07) is 9.35. The van der Waals surface area contributed by atoms with Gasteiger partial charge in [0.2, 0.25) is 0 Å². The summed E-state index contributed by atoms with van der Waals surface area (Å²) in [6.07, 6.45) is -15.9. The van der Waals surface area contributed by atoms with Crippen LogP contribution in [0.1, 0.15) is 57.9 Å². The number of rotatable bonds is 6. The maximum absolute atomic E-state index is 14.1. The molecule has 12 heteroatoms. The van der Waals surface area contributed by atoms with Gasteiger partial charge in [0.05, 0.1) is 17.7 Å². The average Bonchev–Trinajstić information content (AvgIpc) is 2.81. The van der Waals surface area contributed by atoms with E-state index in [0.29, 0.717) is 12.1 Å². The monoisotopic (exact) mass is 519 g/mol. The van der Waals surface area contributed by atoms with Gasteiger partial charge in [0.1, 0.15) is 11.8 Å². The minimum atomic E-state index is -5.37. The van der Waals surface area contributed by atoms with E-state index in [0.717, 1.165) is 12.1 Å². The zero-order valence-electron chi connectivity index (χ0n) is 18.3. The van der Waals surface area contributed by atoms with E-state index in [1.54, 1.807) is 0 Å². The van der Waals surface area contributed by atoms with E-state index in [1.165, 1.54) is 37.3 Å². The summed E-state index contributed by atoms with van der Waals surface area (Å²) in [6.45, 7) is 0.948. The van der Waals surface area contributed by atoms with Crippen LogP contribution in [-0.4, -0.2) is 22.7 Å². The van der Waals surface area contributed by atoms with Gasteiger partial charge in [0.25, 0.3) is 6.43 Å². The first-order chi connectivity index (χ1) is 16.8. The van der Waals surface area contributed by atoms with Crippen LogP contribution in [0.15, 0.2) is 54.6 Å². The minimum absolute atomic E-state index is 0.156. The lowest BCUT2D eigenvalue weighted by atomic mass is 9.87. The lowest BCUT2D eigenvalue weighted by Crippen LogP contribution is -2.23. The molecular formula is C24H17F8NO3. The Bertz CT molecular complexity index is 1220. The first-order valence-corrected chi connectivity index (χ1v) is 10.3. The predicted octanol–water partition coefficient (Wildman–Crippen LogP) is 6.98. The van der Waals surface area contributed by atoms with E-state index >= 15 is 0 Å². The summed E-state index contributed by atoms with van der Waals surface area (Å²) in [5.74, 6) is -1.53. The van der Waals surface area contributed by atoms with Crippen molar-refractivity contribution in [3.63, 3.8) is 0 Å². The third kappa shape index (κ3) is 5.48. The first-order valence-electron chi connectivity index (χ1n) is 10.3. The predicted molar refractivity (Wildman–Crippen MR) is 111 cm³/mol. The fraction of sp³-hybridized carbons (Fsp3) is 0.250. The number of benzene rings is 2. The van der Waals surface area contributed by atoms with E-state index in [2.05, 4.69) is 4.98 Å². The maximum atomic E-state index is 14.1. The fourth-order valence-corrected chi connectivity index (χ4v) is 3.59. The molecule has 1 aromatic heterocycles. The topological polar surface area (TPSA) is 59.4 Å². The van der Waals surface area contributed by atoms with E-state index in [1.807, 2.05) is 0 Å². The van der Waals surface area contributed by atoms with Gasteiger partial charge in [-0.15, -0.1) is 0 Å². The zero-order chi connectivity index (χ0) is 26.8. The molecule has 4 nitrogen and oxygen atoms in total. The van der Waals surface area contributed by atoms with Crippen molar-refractivity contribution in [1.29, 1.82) is 0 Å². The lowest BCUT2D eigenvalue weighted by Gasteiger charge is -2.25. The van der Waals surface area contributed by atoms with Crippen LogP contribution >= 0.6 is 0 Å². The molecule has 1 heterocycles. The smallest absolute Gasteiger partial charge is 0.434 e. The summed E-state index contributed by atoms with van der Waals surface area (Å²) < 4.78 is 113. The molecule has 0 radical (unpaired) electrons. The average molecular weight is 519 g/mol. The molecule has 1 N–H and O–H groups in total. The highest BCUT2D eigenvalue weighted by atomic mass is 19.4. The van der Waals surface area contributed by atoms with Crippen LogP contribution in [0.3, 0.4) is 0 Å². The Balaban J connectivity index is 2.43. The van der Waals surface area contributed by atoms with Crippen molar-refractivity contribution in [2.75, 3.05) is 6.61 Å². The van der Waals surface area contributed by atoms with Gasteiger partial charge < -0.3 is 9.84 Å². The lowest BCUT2D eigenvalue weighted by molar-refractivity contribution is -0.142. The molecule has 2 aromatic carbocycles. The number of aliphatic hydroxyl groups excluding tert-OH is 1. The van der Waals surface area contributed by atoms with Gasteiger partial charge in [-0.3, -0.25) is 0 Å². The standard InChI is InChI=1S/C24H17F8NO3/c1-2-36-22(35)17-15(12-6-4-3-5-7-12)16(18(21(25)26)33-20(17)24(30,31)32)19(34)13-8-10-14(11-9-13)23(27,28)29/h3-11,19,21,34H,2H2,1H3. The van der Waals surface area contributed by atoms with Gasteiger partial charge >= 0.3 is 18.3 Å². The van der Waals surface area contributed by atoms with Gasteiger partial charge in [-0.1, -0.05) is 42.5 Å². The molecule has 0 spiro atoms. The summed E-state index contributed by atoms with van der Waals surface area (Å²) in [7, 11) is 0. The summed E-state index contributed by atoms with van der Waals surface area (Å²) in [5.41, 5.74) is -7.84. The quantitative estimate of drug-likeness (QED) is 0.282. The maximum Gasteiger partial charge on any atom is 0.434 e. The number of ether oxygens (including phenoxy) is 1. The third-order valence-electron chi connectivity index (χ3n) is 5.11. The van der Waals surface area contributed by atoms with Crippen LogP contribution in [-0.2, 0) is 17.1 Å². The molecule has 0 saturated heterocycles. The summed E-state index contributed by atoms with van der Waals surface area (Å²) >= 11 is 0. The minimum Gasteiger partial charge on any atom is -0.462 e. The zero-order valence-corrected chi connectivity index (χ0v) is 18.3. The molecule has 192 valence electrons. The van der Waals surface area contributed by atoms with Crippen LogP contribution in [0.2, 0.25) is 0 Å². The number of halogens is 8. The number of pyridine rings is 1. The second-order valence-corrected chi connectivity index (χ2v) is 7.42. The van der Waals surface area contributed by atoms with Crippen molar-refractivity contribution < 1.29 is 49.8 Å². The molecule has 0 bridgehead atoms. The van der Waals surface area contributed by atoms with Crippen molar-refractivity contribution in [3.05, 3.63) is 88.2 Å². The number of aliphatic hydroxyl groups is 1. The number of hydrogen-bond donors (Lipinski definition) is 1. The van der Waals surface area contributed by atoms with Crippen LogP contribution < -0.4 is 0 Å². The molecule has 0 amide bonds. The number of esters is 1. The van der Waals surface area contributed by atoms with Gasteiger partial charge in [0.15, 0.2) is 5.69 Å². The van der Waals surface area contributed by atoms with Crippen molar-refractivity contribution in [3.8, 4) is 11.1 Å². The molecule has 3 aromatic rings. The normalized spacial score (nSPS) is 13.1. The Hall–Kier alpha value is -3.54. The number of nitrogens with zero attached hydrogens (tertiary/aromatic N) is 1. The SMILES string of the molecule is CCOC(=O)c1c(C(F)(F)F)nc(C(F)F)c(C(O)c2ccc(C(F)(F)F)cc2)c1-c1ccccc1. The highest BCUT2D eigenvalue weighted by Crippen LogP contribution is 2.44. The van der Waals surface area contributed by atoms with Crippen LogP contribution in [0.5, 0.6) is 0 Å². The number of aromatic nitrogens is 1. The molecule has 1 atom stereocenters. The van der Waals surface area contributed by atoms with Crippen molar-refractivity contribution in [2.45, 2.75) is 31.8 Å². The molecule has 0 aliphatic heterocycles.